The van der Waals surface area contributed by atoms with Crippen LogP contribution >= 0.6 is 11.6 Å². The molecular weight excluding hydrogens is 461 g/mol. The molecule has 1 aromatic heterocycles. The lowest BCUT2D eigenvalue weighted by atomic mass is 10.2. The molecule has 7 nitrogen and oxygen atoms in total. The Morgan fingerprint density at radius 1 is 1.12 bits per heavy atom. The molecule has 1 aliphatic rings. The molecule has 174 valence electrons. The predicted octanol–water partition coefficient (Wildman–Crippen LogP) is 5.62. The van der Waals surface area contributed by atoms with Gasteiger partial charge in [0.25, 0.3) is 0 Å². The second-order valence-corrected chi connectivity index (χ2v) is 8.26. The van der Waals surface area contributed by atoms with Crippen molar-refractivity contribution in [1.29, 1.82) is 0 Å². The monoisotopic (exact) mass is 481 g/mol. The molecule has 4 aromatic rings. The number of phenols is 1. The highest BCUT2D eigenvalue weighted by atomic mass is 35.5. The van der Waals surface area contributed by atoms with Crippen molar-refractivity contribution in [2.75, 3.05) is 18.5 Å². The van der Waals surface area contributed by atoms with Crippen molar-refractivity contribution in [2.45, 2.75) is 19.1 Å². The van der Waals surface area contributed by atoms with E-state index in [2.05, 4.69) is 15.3 Å². The van der Waals surface area contributed by atoms with E-state index in [1.54, 1.807) is 42.5 Å². The molecule has 0 bridgehead atoms. The van der Waals surface area contributed by atoms with Gasteiger partial charge in [-0.15, -0.1) is 0 Å². The number of fused-ring (bicyclic) bond motifs is 1. The van der Waals surface area contributed by atoms with E-state index in [9.17, 15) is 9.50 Å². The SMILES string of the molecule is Oc1cc(OC2CCOC2)c2c(Nc3ccc(OCc4cccc(F)c4)c(Cl)c3)ncnc2c1. The Morgan fingerprint density at radius 2 is 2.03 bits per heavy atom. The first kappa shape index (κ1) is 22.2. The number of nitrogens with one attached hydrogen (secondary N) is 1. The fourth-order valence-corrected chi connectivity index (χ4v) is 3.97. The lowest BCUT2D eigenvalue weighted by Gasteiger charge is -2.17. The van der Waals surface area contributed by atoms with Crippen LogP contribution in [0.3, 0.4) is 0 Å². The summed E-state index contributed by atoms with van der Waals surface area (Å²) < 4.78 is 30.6. The maximum atomic E-state index is 13.4. The summed E-state index contributed by atoms with van der Waals surface area (Å²) in [6.45, 7) is 1.31. The fraction of sp³-hybridized carbons (Fsp3) is 0.200. The van der Waals surface area contributed by atoms with Gasteiger partial charge in [0, 0.05) is 24.2 Å². The van der Waals surface area contributed by atoms with E-state index in [0.29, 0.717) is 57.7 Å². The van der Waals surface area contributed by atoms with Gasteiger partial charge in [0.15, 0.2) is 0 Å². The number of aromatic hydroxyl groups is 1. The first-order valence-electron chi connectivity index (χ1n) is 10.7. The zero-order chi connectivity index (χ0) is 23.5. The molecule has 1 unspecified atom stereocenters. The van der Waals surface area contributed by atoms with Gasteiger partial charge in [-0.05, 0) is 35.9 Å². The van der Waals surface area contributed by atoms with Crippen molar-refractivity contribution >= 4 is 34.0 Å². The first-order chi connectivity index (χ1) is 16.5. The summed E-state index contributed by atoms with van der Waals surface area (Å²) in [5, 5.41) is 14.4. The fourth-order valence-electron chi connectivity index (χ4n) is 3.73. The van der Waals surface area contributed by atoms with Gasteiger partial charge in [-0.25, -0.2) is 14.4 Å². The molecule has 1 atom stereocenters. The van der Waals surface area contributed by atoms with Crippen LogP contribution in [0.4, 0.5) is 15.9 Å². The first-order valence-corrected chi connectivity index (χ1v) is 11.1. The van der Waals surface area contributed by atoms with E-state index < -0.39 is 0 Å². The molecule has 5 rings (SSSR count). The molecule has 1 aliphatic heterocycles. The number of benzene rings is 3. The quantitative estimate of drug-likeness (QED) is 0.354. The average molecular weight is 482 g/mol. The lowest BCUT2D eigenvalue weighted by Crippen LogP contribution is -2.16. The minimum atomic E-state index is -0.319. The highest BCUT2D eigenvalue weighted by molar-refractivity contribution is 6.32. The minimum Gasteiger partial charge on any atom is -0.508 e. The molecule has 0 aliphatic carbocycles. The zero-order valence-electron chi connectivity index (χ0n) is 18.0. The Bertz CT molecular complexity index is 1330. The zero-order valence-corrected chi connectivity index (χ0v) is 18.8. The predicted molar refractivity (Wildman–Crippen MR) is 127 cm³/mol. The summed E-state index contributed by atoms with van der Waals surface area (Å²) in [6.07, 6.45) is 2.06. The van der Waals surface area contributed by atoms with Crippen LogP contribution in [0.2, 0.25) is 5.02 Å². The molecule has 2 N–H and O–H groups in total. The topological polar surface area (TPSA) is 85.7 Å². The Balaban J connectivity index is 1.38. The van der Waals surface area contributed by atoms with Gasteiger partial charge in [0.1, 0.15) is 47.9 Å². The summed E-state index contributed by atoms with van der Waals surface area (Å²) >= 11 is 6.43. The maximum absolute atomic E-state index is 13.4. The van der Waals surface area contributed by atoms with E-state index >= 15 is 0 Å². The van der Waals surface area contributed by atoms with Gasteiger partial charge in [0.2, 0.25) is 0 Å². The molecule has 0 spiro atoms. The second-order valence-electron chi connectivity index (χ2n) is 7.85. The van der Waals surface area contributed by atoms with Crippen LogP contribution in [0.25, 0.3) is 10.9 Å². The number of ether oxygens (including phenoxy) is 3. The number of halogens is 2. The summed E-state index contributed by atoms with van der Waals surface area (Å²) in [5.41, 5.74) is 1.91. The summed E-state index contributed by atoms with van der Waals surface area (Å²) in [4.78, 5) is 8.65. The molecular formula is C25H21ClFN3O4. The van der Waals surface area contributed by atoms with E-state index in [1.165, 1.54) is 18.5 Å². The molecule has 1 fully saturated rings. The van der Waals surface area contributed by atoms with Crippen molar-refractivity contribution in [2.24, 2.45) is 0 Å². The van der Waals surface area contributed by atoms with Gasteiger partial charge in [-0.2, -0.15) is 0 Å². The standard InChI is InChI=1S/C25H21ClFN3O4/c26-20-9-17(4-5-22(20)33-12-15-2-1-3-16(27)8-15)30-25-24-21(28-14-29-25)10-18(31)11-23(24)34-19-6-7-32-13-19/h1-5,8-11,14,19,31H,6-7,12-13H2,(H,28,29,30). The van der Waals surface area contributed by atoms with Crippen LogP contribution in [0, 0.1) is 5.82 Å². The number of phenolic OH excluding ortho intramolecular Hbond substituents is 1. The lowest BCUT2D eigenvalue weighted by molar-refractivity contribution is 0.142. The largest absolute Gasteiger partial charge is 0.508 e. The molecule has 1 saturated heterocycles. The molecule has 0 amide bonds. The van der Waals surface area contributed by atoms with Crippen molar-refractivity contribution in [3.05, 3.63) is 77.3 Å². The third kappa shape index (κ3) is 4.98. The Hall–Kier alpha value is -3.62. The van der Waals surface area contributed by atoms with Crippen LogP contribution in [0.15, 0.2) is 60.9 Å². The summed E-state index contributed by atoms with van der Waals surface area (Å²) in [7, 11) is 0. The molecule has 34 heavy (non-hydrogen) atoms. The van der Waals surface area contributed by atoms with Crippen molar-refractivity contribution in [3.8, 4) is 17.2 Å². The Morgan fingerprint density at radius 3 is 2.82 bits per heavy atom. The minimum absolute atomic E-state index is 0.0499. The van der Waals surface area contributed by atoms with Gasteiger partial charge in [0.05, 0.1) is 29.1 Å². The van der Waals surface area contributed by atoms with E-state index in [0.717, 1.165) is 6.42 Å². The van der Waals surface area contributed by atoms with Gasteiger partial charge < -0.3 is 24.6 Å². The van der Waals surface area contributed by atoms with Crippen LogP contribution in [0.1, 0.15) is 12.0 Å². The Kier molecular flexibility index (Phi) is 6.33. The van der Waals surface area contributed by atoms with Crippen molar-refractivity contribution in [3.63, 3.8) is 0 Å². The molecule has 0 saturated carbocycles. The smallest absolute Gasteiger partial charge is 0.145 e. The summed E-state index contributed by atoms with van der Waals surface area (Å²) in [6, 6.07) is 14.5. The number of rotatable bonds is 7. The molecule has 9 heteroatoms. The van der Waals surface area contributed by atoms with Gasteiger partial charge >= 0.3 is 0 Å². The van der Waals surface area contributed by atoms with E-state index in [4.69, 9.17) is 25.8 Å². The molecule has 0 radical (unpaired) electrons. The summed E-state index contributed by atoms with van der Waals surface area (Å²) in [5.74, 6) is 1.17. The van der Waals surface area contributed by atoms with E-state index in [-0.39, 0.29) is 24.3 Å². The molecule has 3 aromatic carbocycles. The normalized spacial score (nSPS) is 15.4. The van der Waals surface area contributed by atoms with Crippen molar-refractivity contribution < 1.29 is 23.7 Å². The Labute approximate surface area is 200 Å². The average Bonchev–Trinajstić information content (AvgIpc) is 3.31. The van der Waals surface area contributed by atoms with Crippen LogP contribution in [-0.4, -0.2) is 34.4 Å². The number of hydrogen-bond donors (Lipinski definition) is 2. The van der Waals surface area contributed by atoms with Crippen molar-refractivity contribution in [1.82, 2.24) is 9.97 Å². The third-order valence-corrected chi connectivity index (χ3v) is 5.64. The second kappa shape index (κ2) is 9.70. The van der Waals surface area contributed by atoms with E-state index in [1.807, 2.05) is 0 Å². The highest BCUT2D eigenvalue weighted by Gasteiger charge is 2.21. The van der Waals surface area contributed by atoms with Crippen LogP contribution < -0.4 is 14.8 Å². The number of anilines is 2. The van der Waals surface area contributed by atoms with Gasteiger partial charge in [-0.1, -0.05) is 23.7 Å². The molecule has 2 heterocycles. The number of nitrogens with zero attached hydrogens (tertiary/aromatic N) is 2. The van der Waals surface area contributed by atoms with Crippen LogP contribution in [-0.2, 0) is 11.3 Å². The van der Waals surface area contributed by atoms with Gasteiger partial charge in [-0.3, -0.25) is 0 Å². The third-order valence-electron chi connectivity index (χ3n) is 5.35. The van der Waals surface area contributed by atoms with Crippen LogP contribution in [0.5, 0.6) is 17.2 Å². The maximum Gasteiger partial charge on any atom is 0.145 e. The number of hydrogen-bond acceptors (Lipinski definition) is 7. The number of aromatic nitrogens is 2. The highest BCUT2D eigenvalue weighted by Crippen LogP contribution is 2.37.